The minimum atomic E-state index is -0.559. The summed E-state index contributed by atoms with van der Waals surface area (Å²) in [5.74, 6) is 0. The average molecular weight is 355 g/mol. The van der Waals surface area contributed by atoms with E-state index < -0.39 is 5.72 Å². The molecule has 0 spiro atoms. The van der Waals surface area contributed by atoms with Gasteiger partial charge in [0.05, 0.1) is 0 Å². The number of rotatable bonds is 16. The van der Waals surface area contributed by atoms with Gasteiger partial charge in [-0.25, -0.2) is 0 Å². The van der Waals surface area contributed by atoms with Crippen LogP contribution in [0.5, 0.6) is 0 Å². The quantitative estimate of drug-likeness (QED) is 0.205. The Bertz CT molecular complexity index is 322. The summed E-state index contributed by atoms with van der Waals surface area (Å²) in [6, 6.07) is 0. The topological polar surface area (TPSA) is 61.3 Å². The molecule has 0 fully saturated rings. The molecule has 0 aliphatic rings. The van der Waals surface area contributed by atoms with Crippen LogP contribution in [0.2, 0.25) is 0 Å². The largest absolute Gasteiger partial charge is 0.360 e. The van der Waals surface area contributed by atoms with Gasteiger partial charge >= 0.3 is 0 Å². The van der Waals surface area contributed by atoms with Gasteiger partial charge in [-0.15, -0.1) is 0 Å². The Kier molecular flexibility index (Phi) is 14.5. The summed E-state index contributed by atoms with van der Waals surface area (Å²) in [5.41, 5.74) is 11.5. The molecule has 0 aromatic heterocycles. The molecule has 0 saturated carbocycles. The van der Waals surface area contributed by atoms with Gasteiger partial charge in [-0.2, -0.15) is 0 Å². The van der Waals surface area contributed by atoms with Crippen molar-refractivity contribution >= 4 is 0 Å². The highest BCUT2D eigenvalue weighted by molar-refractivity contribution is 4.87. The van der Waals surface area contributed by atoms with Crippen LogP contribution in [0.1, 0.15) is 105 Å². The van der Waals surface area contributed by atoms with E-state index in [0.717, 1.165) is 25.9 Å². The smallest absolute Gasteiger partial charge is 0.121 e. The van der Waals surface area contributed by atoms with Gasteiger partial charge in [-0.3, -0.25) is 0 Å². The second-order valence-corrected chi connectivity index (χ2v) is 8.40. The average Bonchev–Trinajstić information content (AvgIpc) is 2.56. The van der Waals surface area contributed by atoms with Crippen molar-refractivity contribution in [2.75, 3.05) is 13.2 Å². The first-order valence-corrected chi connectivity index (χ1v) is 10.7. The molecule has 150 valence electrons. The molecule has 3 heteroatoms. The first-order valence-electron chi connectivity index (χ1n) is 10.7. The van der Waals surface area contributed by atoms with E-state index in [1.807, 2.05) is 0 Å². The molecule has 4 N–H and O–H groups in total. The van der Waals surface area contributed by atoms with Crippen molar-refractivity contribution in [1.29, 1.82) is 0 Å². The van der Waals surface area contributed by atoms with Gasteiger partial charge < -0.3 is 16.2 Å². The lowest BCUT2D eigenvalue weighted by atomic mass is 9.80. The maximum Gasteiger partial charge on any atom is 0.121 e. The monoisotopic (exact) mass is 354 g/mol. The zero-order valence-electron chi connectivity index (χ0n) is 17.6. The molecule has 0 amide bonds. The molecule has 0 heterocycles. The summed E-state index contributed by atoms with van der Waals surface area (Å²) in [7, 11) is 0. The molecular weight excluding hydrogens is 308 g/mol. The molecule has 0 rings (SSSR count). The van der Waals surface area contributed by atoms with Crippen LogP contribution in [0, 0.1) is 5.41 Å². The summed E-state index contributed by atoms with van der Waals surface area (Å²) in [6.07, 6.45) is 19.2. The van der Waals surface area contributed by atoms with E-state index in [1.165, 1.54) is 57.8 Å². The van der Waals surface area contributed by atoms with Crippen LogP contribution in [0.4, 0.5) is 0 Å². The van der Waals surface area contributed by atoms with Crippen LogP contribution < -0.4 is 11.5 Å². The first kappa shape index (κ1) is 24.6. The third kappa shape index (κ3) is 12.6. The fourth-order valence-electron chi connectivity index (χ4n) is 2.91. The molecule has 3 nitrogen and oxygen atoms in total. The van der Waals surface area contributed by atoms with Gasteiger partial charge in [0.15, 0.2) is 0 Å². The van der Waals surface area contributed by atoms with E-state index in [2.05, 4.69) is 39.8 Å². The van der Waals surface area contributed by atoms with Crippen LogP contribution in [0.25, 0.3) is 0 Å². The van der Waals surface area contributed by atoms with E-state index in [0.29, 0.717) is 6.54 Å². The second-order valence-electron chi connectivity index (χ2n) is 8.40. The summed E-state index contributed by atoms with van der Waals surface area (Å²) < 4.78 is 6.10. The van der Waals surface area contributed by atoms with E-state index in [9.17, 15) is 0 Å². The van der Waals surface area contributed by atoms with E-state index in [-0.39, 0.29) is 5.41 Å². The number of ether oxygens (including phenoxy) is 1. The second kappa shape index (κ2) is 14.8. The lowest BCUT2D eigenvalue weighted by Gasteiger charge is -2.41. The Morgan fingerprint density at radius 2 is 1.36 bits per heavy atom. The van der Waals surface area contributed by atoms with Crippen molar-refractivity contribution in [2.24, 2.45) is 16.9 Å². The molecular formula is C22H46N2O. The zero-order valence-corrected chi connectivity index (χ0v) is 17.6. The maximum atomic E-state index is 6.52. The molecule has 0 aliphatic heterocycles. The summed E-state index contributed by atoms with van der Waals surface area (Å²) in [4.78, 5) is 0. The van der Waals surface area contributed by atoms with Crippen LogP contribution >= 0.6 is 0 Å². The SMILES string of the molecule is CCCCC=CCCCCCCCCOC(N)(CCCN)C(C)(C)C. The Balaban J connectivity index is 3.65. The van der Waals surface area contributed by atoms with Crippen molar-refractivity contribution in [3.63, 3.8) is 0 Å². The van der Waals surface area contributed by atoms with Gasteiger partial charge in [-0.1, -0.05) is 78.4 Å². The van der Waals surface area contributed by atoms with E-state index >= 15 is 0 Å². The number of nitrogens with two attached hydrogens (primary N) is 2. The Morgan fingerprint density at radius 1 is 0.800 bits per heavy atom. The lowest BCUT2D eigenvalue weighted by Crippen LogP contribution is -2.54. The molecule has 1 atom stereocenters. The molecule has 0 aliphatic carbocycles. The molecule has 0 aromatic carbocycles. The fourth-order valence-corrected chi connectivity index (χ4v) is 2.91. The van der Waals surface area contributed by atoms with Gasteiger partial charge in [0.25, 0.3) is 0 Å². The van der Waals surface area contributed by atoms with Gasteiger partial charge in [0, 0.05) is 12.0 Å². The highest BCUT2D eigenvalue weighted by atomic mass is 16.5. The van der Waals surface area contributed by atoms with Gasteiger partial charge in [-0.05, 0) is 45.1 Å². The van der Waals surface area contributed by atoms with Crippen molar-refractivity contribution in [1.82, 2.24) is 0 Å². The van der Waals surface area contributed by atoms with Crippen LogP contribution in [0.3, 0.4) is 0 Å². The fraction of sp³-hybridized carbons (Fsp3) is 0.909. The molecule has 1 unspecified atom stereocenters. The van der Waals surface area contributed by atoms with Gasteiger partial charge in [0.2, 0.25) is 0 Å². The summed E-state index contributed by atoms with van der Waals surface area (Å²) in [6.45, 7) is 10.1. The first-order chi connectivity index (χ1) is 11.9. The zero-order chi connectivity index (χ0) is 19.0. The minimum Gasteiger partial charge on any atom is -0.360 e. The van der Waals surface area contributed by atoms with Gasteiger partial charge in [0.1, 0.15) is 5.72 Å². The van der Waals surface area contributed by atoms with Crippen molar-refractivity contribution in [2.45, 2.75) is 110 Å². The molecule has 0 radical (unpaired) electrons. The van der Waals surface area contributed by atoms with E-state index in [4.69, 9.17) is 16.2 Å². The third-order valence-corrected chi connectivity index (χ3v) is 5.04. The lowest BCUT2D eigenvalue weighted by molar-refractivity contribution is -0.120. The third-order valence-electron chi connectivity index (χ3n) is 5.04. The van der Waals surface area contributed by atoms with Crippen molar-refractivity contribution < 1.29 is 4.74 Å². The van der Waals surface area contributed by atoms with Crippen molar-refractivity contribution in [3.05, 3.63) is 12.2 Å². The number of hydrogen-bond donors (Lipinski definition) is 2. The molecule has 0 aromatic rings. The van der Waals surface area contributed by atoms with Crippen LogP contribution in [-0.2, 0) is 4.74 Å². The predicted molar refractivity (Wildman–Crippen MR) is 112 cm³/mol. The molecule has 0 saturated heterocycles. The number of unbranched alkanes of at least 4 members (excludes halogenated alkanes) is 8. The standard InChI is InChI=1S/C22H46N2O/c1-5-6-7-8-9-10-11-12-13-14-15-16-20-25-22(24,18-17-19-23)21(2,3)4/h8-9H,5-7,10-20,23-24H2,1-4H3. The van der Waals surface area contributed by atoms with Crippen molar-refractivity contribution in [3.8, 4) is 0 Å². The summed E-state index contributed by atoms with van der Waals surface area (Å²) in [5, 5.41) is 0. The number of hydrogen-bond acceptors (Lipinski definition) is 3. The Morgan fingerprint density at radius 3 is 1.92 bits per heavy atom. The summed E-state index contributed by atoms with van der Waals surface area (Å²) >= 11 is 0. The minimum absolute atomic E-state index is 0.0627. The molecule has 25 heavy (non-hydrogen) atoms. The molecule has 0 bridgehead atoms. The highest BCUT2D eigenvalue weighted by Crippen LogP contribution is 2.33. The van der Waals surface area contributed by atoms with Crippen LogP contribution in [0.15, 0.2) is 12.2 Å². The maximum absolute atomic E-state index is 6.52. The number of allylic oxidation sites excluding steroid dienone is 2. The Labute approximate surface area is 158 Å². The Hall–Kier alpha value is -0.380. The normalized spacial score (nSPS) is 15.0. The highest BCUT2D eigenvalue weighted by Gasteiger charge is 2.38. The van der Waals surface area contributed by atoms with Crippen LogP contribution in [-0.4, -0.2) is 18.9 Å². The predicted octanol–water partition coefficient (Wildman–Crippen LogP) is 5.92. The van der Waals surface area contributed by atoms with E-state index in [1.54, 1.807) is 0 Å².